The Kier molecular flexibility index (Phi) is 3.92. The number of rotatable bonds is 3. The predicted molar refractivity (Wildman–Crippen MR) is 62.0 cm³/mol. The third kappa shape index (κ3) is 3.70. The standard InChI is InChI=1S/C11H6F6N4O2/c12-10(13,14)5-3-4(1-2-6(5)23-11(15,16)17)7-8(9(18)22)20-21-19-7/h1-3H,(H2,18,22)(H,19,20,21). The number of primary amides is 1. The van der Waals surface area contributed by atoms with Crippen LogP contribution in [-0.4, -0.2) is 27.7 Å². The second kappa shape index (κ2) is 5.44. The van der Waals surface area contributed by atoms with Crippen molar-refractivity contribution in [1.29, 1.82) is 0 Å². The van der Waals surface area contributed by atoms with Crippen LogP contribution in [0.4, 0.5) is 26.3 Å². The molecule has 0 saturated heterocycles. The number of hydrogen-bond donors (Lipinski definition) is 2. The van der Waals surface area contributed by atoms with E-state index in [0.29, 0.717) is 12.1 Å². The van der Waals surface area contributed by atoms with E-state index in [9.17, 15) is 31.1 Å². The van der Waals surface area contributed by atoms with Gasteiger partial charge in [0.1, 0.15) is 11.4 Å². The molecule has 0 aliphatic heterocycles. The molecule has 0 unspecified atom stereocenters. The highest BCUT2D eigenvalue weighted by molar-refractivity contribution is 5.96. The average molecular weight is 340 g/mol. The van der Waals surface area contributed by atoms with Crippen molar-refractivity contribution in [3.8, 4) is 17.0 Å². The molecule has 0 atom stereocenters. The van der Waals surface area contributed by atoms with Gasteiger partial charge in [0.05, 0.1) is 5.56 Å². The Morgan fingerprint density at radius 3 is 2.30 bits per heavy atom. The van der Waals surface area contributed by atoms with Crippen LogP contribution >= 0.6 is 0 Å². The SMILES string of the molecule is NC(=O)c1n[nH]nc1-c1ccc(OC(F)(F)F)c(C(F)(F)F)c1. The van der Waals surface area contributed by atoms with E-state index < -0.39 is 35.5 Å². The minimum Gasteiger partial charge on any atom is -0.405 e. The molecular formula is C11H6F6N4O2. The average Bonchev–Trinajstić information content (AvgIpc) is 2.85. The van der Waals surface area contributed by atoms with Crippen LogP contribution in [-0.2, 0) is 6.18 Å². The van der Waals surface area contributed by atoms with Crippen molar-refractivity contribution in [2.75, 3.05) is 0 Å². The second-order valence-corrected chi connectivity index (χ2v) is 4.14. The van der Waals surface area contributed by atoms with Crippen molar-refractivity contribution in [1.82, 2.24) is 15.4 Å². The van der Waals surface area contributed by atoms with Crippen molar-refractivity contribution in [2.45, 2.75) is 12.5 Å². The van der Waals surface area contributed by atoms with Crippen molar-refractivity contribution < 1.29 is 35.9 Å². The Bertz CT molecular complexity index is 737. The molecule has 0 spiro atoms. The lowest BCUT2D eigenvalue weighted by atomic mass is 10.0. The zero-order chi connectivity index (χ0) is 17.4. The minimum atomic E-state index is -5.30. The molecule has 1 heterocycles. The van der Waals surface area contributed by atoms with E-state index in [-0.39, 0.29) is 11.3 Å². The van der Waals surface area contributed by atoms with Gasteiger partial charge in [-0.3, -0.25) is 4.79 Å². The first-order valence-corrected chi connectivity index (χ1v) is 5.67. The summed E-state index contributed by atoms with van der Waals surface area (Å²) < 4.78 is 78.6. The molecule has 1 amide bonds. The lowest BCUT2D eigenvalue weighted by Crippen LogP contribution is -2.20. The topological polar surface area (TPSA) is 93.9 Å². The van der Waals surface area contributed by atoms with E-state index in [2.05, 4.69) is 14.9 Å². The van der Waals surface area contributed by atoms with Crippen LogP contribution in [0.2, 0.25) is 0 Å². The molecule has 0 aliphatic carbocycles. The molecule has 1 aromatic carbocycles. The molecule has 12 heteroatoms. The number of nitrogens with one attached hydrogen (secondary N) is 1. The zero-order valence-corrected chi connectivity index (χ0v) is 10.8. The summed E-state index contributed by atoms with van der Waals surface area (Å²) in [5.74, 6) is -2.50. The maximum absolute atomic E-state index is 12.9. The van der Waals surface area contributed by atoms with Crippen LogP contribution in [0.5, 0.6) is 5.75 Å². The van der Waals surface area contributed by atoms with Crippen molar-refractivity contribution in [2.24, 2.45) is 5.73 Å². The van der Waals surface area contributed by atoms with Gasteiger partial charge in [-0.05, 0) is 18.2 Å². The summed E-state index contributed by atoms with van der Waals surface area (Å²) in [6.07, 6.45) is -10.4. The Morgan fingerprint density at radius 1 is 1.13 bits per heavy atom. The van der Waals surface area contributed by atoms with Gasteiger partial charge in [0.25, 0.3) is 5.91 Å². The van der Waals surface area contributed by atoms with Crippen molar-refractivity contribution >= 4 is 5.91 Å². The molecule has 0 radical (unpaired) electrons. The first kappa shape index (κ1) is 16.6. The number of hydrogen-bond acceptors (Lipinski definition) is 4. The molecule has 0 aliphatic rings. The summed E-state index contributed by atoms with van der Waals surface area (Å²) in [5, 5.41) is 8.83. The number of benzene rings is 1. The van der Waals surface area contributed by atoms with E-state index in [0.717, 1.165) is 6.07 Å². The van der Waals surface area contributed by atoms with Crippen molar-refractivity contribution in [3.63, 3.8) is 0 Å². The fourth-order valence-corrected chi connectivity index (χ4v) is 1.72. The molecule has 1 aromatic heterocycles. The fraction of sp³-hybridized carbons (Fsp3) is 0.182. The van der Waals surface area contributed by atoms with Gasteiger partial charge < -0.3 is 10.5 Å². The van der Waals surface area contributed by atoms with Crippen LogP contribution in [0, 0.1) is 0 Å². The second-order valence-electron chi connectivity index (χ2n) is 4.14. The molecule has 6 nitrogen and oxygen atoms in total. The van der Waals surface area contributed by atoms with E-state index in [4.69, 9.17) is 5.73 Å². The normalized spacial score (nSPS) is 12.3. The summed E-state index contributed by atoms with van der Waals surface area (Å²) >= 11 is 0. The number of H-pyrrole nitrogens is 1. The van der Waals surface area contributed by atoms with Gasteiger partial charge in [0.2, 0.25) is 0 Å². The maximum Gasteiger partial charge on any atom is 0.573 e. The molecular weight excluding hydrogens is 334 g/mol. The molecule has 124 valence electrons. The van der Waals surface area contributed by atoms with E-state index >= 15 is 0 Å². The van der Waals surface area contributed by atoms with Gasteiger partial charge in [-0.1, -0.05) is 0 Å². The summed E-state index contributed by atoms with van der Waals surface area (Å²) in [7, 11) is 0. The number of carbonyl (C=O) groups excluding carboxylic acids is 1. The van der Waals surface area contributed by atoms with E-state index in [1.54, 1.807) is 0 Å². The maximum atomic E-state index is 12.9. The fourth-order valence-electron chi connectivity index (χ4n) is 1.72. The number of aromatic nitrogens is 3. The quantitative estimate of drug-likeness (QED) is 0.840. The summed E-state index contributed by atoms with van der Waals surface area (Å²) in [6, 6.07) is 1.68. The Balaban J connectivity index is 2.57. The number of amides is 1. The largest absolute Gasteiger partial charge is 0.573 e. The lowest BCUT2D eigenvalue weighted by molar-refractivity contribution is -0.276. The van der Waals surface area contributed by atoms with Gasteiger partial charge >= 0.3 is 12.5 Å². The van der Waals surface area contributed by atoms with Crippen LogP contribution in [0.3, 0.4) is 0 Å². The smallest absolute Gasteiger partial charge is 0.405 e. The lowest BCUT2D eigenvalue weighted by Gasteiger charge is -2.16. The minimum absolute atomic E-state index is 0.311. The zero-order valence-electron chi connectivity index (χ0n) is 10.8. The number of nitrogens with two attached hydrogens (primary N) is 1. The predicted octanol–water partition coefficient (Wildman–Crippen LogP) is 2.49. The Hall–Kier alpha value is -2.79. The Labute approximate surface area is 123 Å². The number of carbonyl (C=O) groups is 1. The van der Waals surface area contributed by atoms with Gasteiger partial charge in [0.15, 0.2) is 5.69 Å². The molecule has 2 aromatic rings. The highest BCUT2D eigenvalue weighted by Gasteiger charge is 2.39. The monoisotopic (exact) mass is 340 g/mol. The van der Waals surface area contributed by atoms with Gasteiger partial charge in [0, 0.05) is 5.56 Å². The highest BCUT2D eigenvalue weighted by atomic mass is 19.4. The molecule has 23 heavy (non-hydrogen) atoms. The molecule has 3 N–H and O–H groups in total. The van der Waals surface area contributed by atoms with Crippen LogP contribution in [0.1, 0.15) is 16.1 Å². The van der Waals surface area contributed by atoms with Crippen LogP contribution in [0.15, 0.2) is 18.2 Å². The first-order chi connectivity index (χ1) is 10.5. The molecule has 0 fully saturated rings. The first-order valence-electron chi connectivity index (χ1n) is 5.67. The third-order valence-corrected chi connectivity index (χ3v) is 2.57. The summed E-state index contributed by atoms with van der Waals surface area (Å²) in [4.78, 5) is 11.1. The number of halogens is 6. The van der Waals surface area contributed by atoms with E-state index in [1.165, 1.54) is 0 Å². The van der Waals surface area contributed by atoms with Gasteiger partial charge in [-0.2, -0.15) is 28.6 Å². The highest BCUT2D eigenvalue weighted by Crippen LogP contribution is 2.40. The number of aromatic amines is 1. The molecule has 0 saturated carbocycles. The summed E-state index contributed by atoms with van der Waals surface area (Å²) in [5.41, 5.74) is 2.19. The number of ether oxygens (including phenoxy) is 1. The summed E-state index contributed by atoms with van der Waals surface area (Å²) in [6.45, 7) is 0. The molecule has 0 bridgehead atoms. The Morgan fingerprint density at radius 2 is 1.78 bits per heavy atom. The molecule has 2 rings (SSSR count). The van der Waals surface area contributed by atoms with E-state index in [1.807, 2.05) is 5.21 Å². The van der Waals surface area contributed by atoms with Crippen molar-refractivity contribution in [3.05, 3.63) is 29.5 Å². The third-order valence-electron chi connectivity index (χ3n) is 2.57. The van der Waals surface area contributed by atoms with Crippen LogP contribution in [0.25, 0.3) is 11.3 Å². The number of nitrogens with zero attached hydrogens (tertiary/aromatic N) is 2. The van der Waals surface area contributed by atoms with Crippen LogP contribution < -0.4 is 10.5 Å². The van der Waals surface area contributed by atoms with Gasteiger partial charge in [-0.15, -0.1) is 13.2 Å². The van der Waals surface area contributed by atoms with Gasteiger partial charge in [-0.25, -0.2) is 0 Å². The number of alkyl halides is 6.